The Bertz CT molecular complexity index is 424. The van der Waals surface area contributed by atoms with Crippen LogP contribution in [0.3, 0.4) is 0 Å². The van der Waals surface area contributed by atoms with Gasteiger partial charge in [-0.15, -0.1) is 0 Å². The molecule has 1 N–H and O–H groups in total. The highest BCUT2D eigenvalue weighted by molar-refractivity contribution is 5.73. The van der Waals surface area contributed by atoms with E-state index in [-0.39, 0.29) is 30.8 Å². The molecule has 0 heterocycles. The number of nitrogens with one attached hydrogen (secondary N) is 1. The van der Waals surface area contributed by atoms with E-state index >= 15 is 0 Å². The van der Waals surface area contributed by atoms with Crippen LogP contribution in [0, 0.1) is 6.92 Å². The molecule has 0 aliphatic heterocycles. The Morgan fingerprint density at radius 1 is 1.05 bits per heavy atom. The fourth-order valence-electron chi connectivity index (χ4n) is 1.75. The third kappa shape index (κ3) is 5.84. The van der Waals surface area contributed by atoms with Crippen LogP contribution in [0.5, 0.6) is 0 Å². The standard InChI is InChI=1S/C15H21NO4/c1-11-4-6-12(7-5-11)10-16-13(8-14(17)19-2)9-15(18)20-3/h4-7,13,16H,8-10H2,1-3H3. The summed E-state index contributed by atoms with van der Waals surface area (Å²) in [7, 11) is 2.66. The fraction of sp³-hybridized carbons (Fsp3) is 0.467. The van der Waals surface area contributed by atoms with E-state index in [2.05, 4.69) is 14.8 Å². The summed E-state index contributed by atoms with van der Waals surface area (Å²) >= 11 is 0. The number of esters is 2. The molecule has 0 atom stereocenters. The van der Waals surface area contributed by atoms with E-state index in [4.69, 9.17) is 0 Å². The van der Waals surface area contributed by atoms with Gasteiger partial charge in [-0.05, 0) is 12.5 Å². The number of rotatable bonds is 7. The number of ether oxygens (including phenoxy) is 2. The molecule has 110 valence electrons. The summed E-state index contributed by atoms with van der Waals surface area (Å²) in [4.78, 5) is 22.7. The quantitative estimate of drug-likeness (QED) is 0.768. The van der Waals surface area contributed by atoms with Gasteiger partial charge in [0.2, 0.25) is 0 Å². The van der Waals surface area contributed by atoms with Crippen molar-refractivity contribution in [2.75, 3.05) is 14.2 Å². The second-order valence-corrected chi connectivity index (χ2v) is 4.62. The largest absolute Gasteiger partial charge is 0.469 e. The maximum Gasteiger partial charge on any atom is 0.307 e. The lowest BCUT2D eigenvalue weighted by Crippen LogP contribution is -2.33. The van der Waals surface area contributed by atoms with Crippen molar-refractivity contribution in [1.82, 2.24) is 5.32 Å². The van der Waals surface area contributed by atoms with Gasteiger partial charge >= 0.3 is 11.9 Å². The average Bonchev–Trinajstić information content (AvgIpc) is 2.46. The lowest BCUT2D eigenvalue weighted by molar-refractivity contribution is -0.143. The molecule has 0 aliphatic rings. The predicted molar refractivity (Wildman–Crippen MR) is 75.1 cm³/mol. The number of carbonyl (C=O) groups excluding carboxylic acids is 2. The highest BCUT2D eigenvalue weighted by Crippen LogP contribution is 2.06. The van der Waals surface area contributed by atoms with Crippen LogP contribution < -0.4 is 5.32 Å². The van der Waals surface area contributed by atoms with Crippen LogP contribution in [0.15, 0.2) is 24.3 Å². The molecule has 0 unspecified atom stereocenters. The molecule has 0 aromatic heterocycles. The van der Waals surface area contributed by atoms with Gasteiger partial charge in [-0.3, -0.25) is 9.59 Å². The number of hydrogen-bond acceptors (Lipinski definition) is 5. The normalized spacial score (nSPS) is 10.4. The maximum absolute atomic E-state index is 11.3. The van der Waals surface area contributed by atoms with Gasteiger partial charge in [-0.2, -0.15) is 0 Å². The molecule has 1 aromatic carbocycles. The van der Waals surface area contributed by atoms with E-state index in [1.807, 2.05) is 31.2 Å². The molecule has 0 spiro atoms. The Balaban J connectivity index is 2.56. The second kappa shape index (κ2) is 8.32. The van der Waals surface area contributed by atoms with Crippen molar-refractivity contribution in [3.05, 3.63) is 35.4 Å². The predicted octanol–water partition coefficient (Wildman–Crippen LogP) is 1.58. The number of carbonyl (C=O) groups is 2. The van der Waals surface area contributed by atoms with Crippen LogP contribution >= 0.6 is 0 Å². The van der Waals surface area contributed by atoms with E-state index in [9.17, 15) is 9.59 Å². The third-order valence-corrected chi connectivity index (χ3v) is 3.00. The molecule has 0 bridgehead atoms. The minimum atomic E-state index is -0.352. The van der Waals surface area contributed by atoms with Crippen molar-refractivity contribution in [3.8, 4) is 0 Å². The van der Waals surface area contributed by atoms with E-state index in [1.54, 1.807) is 0 Å². The first-order valence-electron chi connectivity index (χ1n) is 6.47. The number of hydrogen-bond donors (Lipinski definition) is 1. The lowest BCUT2D eigenvalue weighted by atomic mass is 10.1. The lowest BCUT2D eigenvalue weighted by Gasteiger charge is -2.16. The van der Waals surface area contributed by atoms with Gasteiger partial charge in [0.15, 0.2) is 0 Å². The Morgan fingerprint density at radius 3 is 2.00 bits per heavy atom. The van der Waals surface area contributed by atoms with Gasteiger partial charge < -0.3 is 14.8 Å². The molecule has 5 heteroatoms. The summed E-state index contributed by atoms with van der Waals surface area (Å²) in [5, 5.41) is 3.18. The number of benzene rings is 1. The molecule has 0 fully saturated rings. The van der Waals surface area contributed by atoms with Gasteiger partial charge in [-0.25, -0.2) is 0 Å². The van der Waals surface area contributed by atoms with Crippen molar-refractivity contribution in [3.63, 3.8) is 0 Å². The topological polar surface area (TPSA) is 64.6 Å². The summed E-state index contributed by atoms with van der Waals surface area (Å²) < 4.78 is 9.27. The van der Waals surface area contributed by atoms with Gasteiger partial charge in [0.05, 0.1) is 27.1 Å². The van der Waals surface area contributed by atoms with Crippen LogP contribution in [-0.2, 0) is 25.6 Å². The van der Waals surface area contributed by atoms with Crippen LogP contribution in [0.25, 0.3) is 0 Å². The molecular formula is C15H21NO4. The van der Waals surface area contributed by atoms with Gasteiger partial charge in [0.25, 0.3) is 0 Å². The smallest absolute Gasteiger partial charge is 0.307 e. The van der Waals surface area contributed by atoms with Crippen molar-refractivity contribution < 1.29 is 19.1 Å². The first-order valence-corrected chi connectivity index (χ1v) is 6.47. The van der Waals surface area contributed by atoms with Crippen molar-refractivity contribution in [1.29, 1.82) is 0 Å². The highest BCUT2D eigenvalue weighted by Gasteiger charge is 2.18. The zero-order valence-corrected chi connectivity index (χ0v) is 12.1. The number of aryl methyl sites for hydroxylation is 1. The summed E-state index contributed by atoms with van der Waals surface area (Å²) in [6, 6.07) is 7.76. The Hall–Kier alpha value is -1.88. The molecule has 0 saturated heterocycles. The second-order valence-electron chi connectivity index (χ2n) is 4.62. The summed E-state index contributed by atoms with van der Waals surface area (Å²) in [5.41, 5.74) is 2.28. The number of methoxy groups -OCH3 is 2. The molecule has 0 amide bonds. The molecule has 0 saturated carbocycles. The van der Waals surface area contributed by atoms with Gasteiger partial charge in [0, 0.05) is 12.6 Å². The molecule has 5 nitrogen and oxygen atoms in total. The molecule has 20 heavy (non-hydrogen) atoms. The fourth-order valence-corrected chi connectivity index (χ4v) is 1.75. The van der Waals surface area contributed by atoms with Crippen molar-refractivity contribution in [2.24, 2.45) is 0 Å². The van der Waals surface area contributed by atoms with E-state index in [0.717, 1.165) is 5.56 Å². The molecule has 0 radical (unpaired) electrons. The van der Waals surface area contributed by atoms with Crippen LogP contribution in [0.2, 0.25) is 0 Å². The molecular weight excluding hydrogens is 258 g/mol. The Morgan fingerprint density at radius 2 is 1.55 bits per heavy atom. The van der Waals surface area contributed by atoms with Crippen molar-refractivity contribution >= 4 is 11.9 Å². The van der Waals surface area contributed by atoms with E-state index in [0.29, 0.717) is 6.54 Å². The summed E-state index contributed by atoms with van der Waals surface area (Å²) in [6.07, 6.45) is 0.273. The van der Waals surface area contributed by atoms with E-state index in [1.165, 1.54) is 19.8 Å². The Labute approximate surface area is 119 Å². The van der Waals surface area contributed by atoms with Gasteiger partial charge in [0.1, 0.15) is 0 Å². The van der Waals surface area contributed by atoms with E-state index < -0.39 is 0 Å². The SMILES string of the molecule is COC(=O)CC(CC(=O)OC)NCc1ccc(C)cc1. The van der Waals surface area contributed by atoms with Crippen LogP contribution in [0.1, 0.15) is 24.0 Å². The average molecular weight is 279 g/mol. The Kier molecular flexibility index (Phi) is 6.73. The van der Waals surface area contributed by atoms with Crippen molar-refractivity contribution in [2.45, 2.75) is 32.4 Å². The highest BCUT2D eigenvalue weighted by atomic mass is 16.5. The van der Waals surface area contributed by atoms with Crippen LogP contribution in [-0.4, -0.2) is 32.2 Å². The minimum Gasteiger partial charge on any atom is -0.469 e. The first kappa shape index (κ1) is 16.2. The minimum absolute atomic E-state index is 0.136. The zero-order chi connectivity index (χ0) is 15.0. The van der Waals surface area contributed by atoms with Gasteiger partial charge in [-0.1, -0.05) is 29.8 Å². The zero-order valence-electron chi connectivity index (χ0n) is 12.1. The monoisotopic (exact) mass is 279 g/mol. The molecule has 1 rings (SSSR count). The molecule has 0 aliphatic carbocycles. The maximum atomic E-state index is 11.3. The third-order valence-electron chi connectivity index (χ3n) is 3.00. The first-order chi connectivity index (χ1) is 9.55. The summed E-state index contributed by atoms with van der Waals surface area (Å²) in [6.45, 7) is 2.60. The summed E-state index contributed by atoms with van der Waals surface area (Å²) in [5.74, 6) is -0.703. The molecule has 1 aromatic rings. The van der Waals surface area contributed by atoms with Crippen LogP contribution in [0.4, 0.5) is 0 Å².